The van der Waals surface area contributed by atoms with Crippen molar-refractivity contribution in [2.75, 3.05) is 7.11 Å². The number of hydrogen-bond donors (Lipinski definition) is 0. The molecule has 0 bridgehead atoms. The van der Waals surface area contributed by atoms with Crippen LogP contribution in [0.3, 0.4) is 0 Å². The van der Waals surface area contributed by atoms with Crippen molar-refractivity contribution in [3.05, 3.63) is 46.8 Å². The molecule has 2 heterocycles. The van der Waals surface area contributed by atoms with Crippen molar-refractivity contribution < 1.29 is 9.15 Å². The van der Waals surface area contributed by atoms with E-state index in [9.17, 15) is 0 Å². The number of thiazole rings is 1. The zero-order valence-corrected chi connectivity index (χ0v) is 14.3. The second-order valence-corrected chi connectivity index (χ2v) is 6.57. The summed E-state index contributed by atoms with van der Waals surface area (Å²) in [7, 11) is 1.67. The van der Waals surface area contributed by atoms with E-state index < -0.39 is 0 Å². The predicted molar refractivity (Wildman–Crippen MR) is 89.6 cm³/mol. The van der Waals surface area contributed by atoms with Crippen LogP contribution in [0.1, 0.15) is 17.1 Å². The average molecular weight is 332 g/mol. The van der Waals surface area contributed by atoms with E-state index in [4.69, 9.17) is 9.15 Å². The third-order valence-electron chi connectivity index (χ3n) is 3.22. The van der Waals surface area contributed by atoms with E-state index in [1.807, 2.05) is 38.1 Å². The fourth-order valence-corrected chi connectivity index (χ4v) is 3.63. The molecule has 0 saturated carbocycles. The van der Waals surface area contributed by atoms with Gasteiger partial charge in [-0.1, -0.05) is 23.9 Å². The number of hydrogen-bond acceptors (Lipinski definition) is 6. The third-order valence-corrected chi connectivity index (χ3v) is 5.02. The Morgan fingerprint density at radius 3 is 2.86 bits per heavy atom. The first-order chi connectivity index (χ1) is 10.7. The van der Waals surface area contributed by atoms with Crippen LogP contribution in [0.5, 0.6) is 5.75 Å². The lowest BCUT2D eigenvalue weighted by atomic mass is 10.2. The van der Waals surface area contributed by atoms with Gasteiger partial charge in [-0.3, -0.25) is 0 Å². The van der Waals surface area contributed by atoms with Crippen LogP contribution in [0.2, 0.25) is 0 Å². The Labute approximate surface area is 137 Å². The van der Waals surface area contributed by atoms with Gasteiger partial charge in [0.15, 0.2) is 0 Å². The number of methoxy groups -OCH3 is 1. The number of oxazole rings is 1. The zero-order chi connectivity index (χ0) is 15.5. The van der Waals surface area contributed by atoms with Crippen molar-refractivity contribution in [3.63, 3.8) is 0 Å². The summed E-state index contributed by atoms with van der Waals surface area (Å²) in [6.45, 7) is 3.88. The number of ether oxygens (including phenoxy) is 1. The van der Waals surface area contributed by atoms with Gasteiger partial charge in [-0.05, 0) is 26.0 Å². The van der Waals surface area contributed by atoms with Crippen LogP contribution in [0.4, 0.5) is 0 Å². The zero-order valence-electron chi connectivity index (χ0n) is 12.6. The summed E-state index contributed by atoms with van der Waals surface area (Å²) in [5, 5.41) is 3.77. The minimum atomic E-state index is 0.700. The molecule has 1 aromatic carbocycles. The van der Waals surface area contributed by atoms with Gasteiger partial charge in [-0.2, -0.15) is 0 Å². The first-order valence-electron chi connectivity index (χ1n) is 6.81. The molecule has 0 fully saturated rings. The van der Waals surface area contributed by atoms with Gasteiger partial charge in [0.2, 0.25) is 0 Å². The highest BCUT2D eigenvalue weighted by atomic mass is 32.2. The van der Waals surface area contributed by atoms with Crippen molar-refractivity contribution in [1.82, 2.24) is 9.97 Å². The first kappa shape index (κ1) is 15.1. The van der Waals surface area contributed by atoms with Gasteiger partial charge in [-0.25, -0.2) is 9.97 Å². The van der Waals surface area contributed by atoms with Crippen LogP contribution in [-0.4, -0.2) is 17.1 Å². The van der Waals surface area contributed by atoms with E-state index in [0.29, 0.717) is 5.22 Å². The van der Waals surface area contributed by atoms with E-state index in [-0.39, 0.29) is 0 Å². The number of aromatic nitrogens is 2. The molecule has 4 nitrogen and oxygen atoms in total. The summed E-state index contributed by atoms with van der Waals surface area (Å²) in [5.74, 6) is 2.46. The predicted octanol–water partition coefficient (Wildman–Crippen LogP) is 4.72. The van der Waals surface area contributed by atoms with Gasteiger partial charge in [0.25, 0.3) is 5.22 Å². The maximum absolute atomic E-state index is 5.57. The van der Waals surface area contributed by atoms with Crippen molar-refractivity contribution in [3.8, 4) is 16.3 Å². The molecule has 22 heavy (non-hydrogen) atoms. The van der Waals surface area contributed by atoms with Crippen LogP contribution < -0.4 is 4.74 Å². The highest BCUT2D eigenvalue weighted by molar-refractivity contribution is 7.98. The van der Waals surface area contributed by atoms with Crippen molar-refractivity contribution in [2.24, 2.45) is 0 Å². The Bertz CT molecular complexity index is 761. The summed E-state index contributed by atoms with van der Waals surface area (Å²) >= 11 is 3.20. The quantitative estimate of drug-likeness (QED) is 0.633. The summed E-state index contributed by atoms with van der Waals surface area (Å²) in [6.07, 6.45) is 0. The number of aryl methyl sites for hydroxylation is 2. The molecule has 0 aliphatic heterocycles. The second kappa shape index (κ2) is 6.54. The Kier molecular flexibility index (Phi) is 4.49. The molecule has 2 aromatic heterocycles. The minimum Gasteiger partial charge on any atom is -0.497 e. The average Bonchev–Trinajstić information content (AvgIpc) is 3.13. The van der Waals surface area contributed by atoms with Crippen LogP contribution in [-0.2, 0) is 5.75 Å². The van der Waals surface area contributed by atoms with E-state index in [0.717, 1.165) is 39.2 Å². The molecule has 3 aromatic rings. The molecule has 3 rings (SSSR count). The highest BCUT2D eigenvalue weighted by Gasteiger charge is 2.09. The molecule has 0 aliphatic rings. The maximum atomic E-state index is 5.57. The smallest absolute Gasteiger partial charge is 0.256 e. The SMILES string of the molecule is COc1cccc(-c2nc(CSc3nc(C)c(C)o3)cs2)c1. The van der Waals surface area contributed by atoms with Gasteiger partial charge in [0.05, 0.1) is 18.5 Å². The van der Waals surface area contributed by atoms with Gasteiger partial charge < -0.3 is 9.15 Å². The largest absolute Gasteiger partial charge is 0.497 e. The second-order valence-electron chi connectivity index (χ2n) is 4.79. The summed E-state index contributed by atoms with van der Waals surface area (Å²) in [5.41, 5.74) is 3.04. The Morgan fingerprint density at radius 1 is 1.27 bits per heavy atom. The van der Waals surface area contributed by atoms with Crippen molar-refractivity contribution >= 4 is 23.1 Å². The molecule has 0 aliphatic carbocycles. The number of benzene rings is 1. The molecule has 0 unspecified atom stereocenters. The highest BCUT2D eigenvalue weighted by Crippen LogP contribution is 2.29. The van der Waals surface area contributed by atoms with Crippen LogP contribution in [0, 0.1) is 13.8 Å². The van der Waals surface area contributed by atoms with E-state index >= 15 is 0 Å². The number of rotatable bonds is 5. The van der Waals surface area contributed by atoms with Gasteiger partial charge in [-0.15, -0.1) is 11.3 Å². The maximum Gasteiger partial charge on any atom is 0.256 e. The fraction of sp³-hybridized carbons (Fsp3) is 0.250. The lowest BCUT2D eigenvalue weighted by molar-refractivity contribution is 0.415. The molecular formula is C16H16N2O2S2. The first-order valence-corrected chi connectivity index (χ1v) is 8.68. The van der Waals surface area contributed by atoms with Gasteiger partial charge >= 0.3 is 0 Å². The summed E-state index contributed by atoms with van der Waals surface area (Å²) in [6, 6.07) is 7.94. The van der Waals surface area contributed by atoms with E-state index in [1.165, 1.54) is 0 Å². The van der Waals surface area contributed by atoms with Crippen molar-refractivity contribution in [2.45, 2.75) is 24.8 Å². The fourth-order valence-electron chi connectivity index (χ4n) is 1.90. The Morgan fingerprint density at radius 2 is 2.14 bits per heavy atom. The van der Waals surface area contributed by atoms with Crippen LogP contribution in [0.15, 0.2) is 39.3 Å². The lowest BCUT2D eigenvalue weighted by Gasteiger charge is -2.01. The summed E-state index contributed by atoms with van der Waals surface area (Å²) in [4.78, 5) is 9.04. The van der Waals surface area contributed by atoms with Gasteiger partial charge in [0.1, 0.15) is 16.5 Å². The lowest BCUT2D eigenvalue weighted by Crippen LogP contribution is -1.85. The monoisotopic (exact) mass is 332 g/mol. The number of thioether (sulfide) groups is 1. The molecule has 0 radical (unpaired) electrons. The van der Waals surface area contributed by atoms with Crippen LogP contribution in [0.25, 0.3) is 10.6 Å². The van der Waals surface area contributed by atoms with Crippen molar-refractivity contribution in [1.29, 1.82) is 0 Å². The summed E-state index contributed by atoms with van der Waals surface area (Å²) < 4.78 is 10.8. The normalized spacial score (nSPS) is 10.9. The standard InChI is InChI=1S/C16H16N2O2S2/c1-10-11(2)20-16(17-10)22-9-13-8-21-15(18-13)12-5-4-6-14(7-12)19-3/h4-8H,9H2,1-3H3. The molecular weight excluding hydrogens is 316 g/mol. The van der Waals surface area contributed by atoms with Crippen LogP contribution >= 0.6 is 23.1 Å². The number of nitrogens with zero attached hydrogens (tertiary/aromatic N) is 2. The molecule has 0 atom stereocenters. The third kappa shape index (κ3) is 3.34. The minimum absolute atomic E-state index is 0.700. The van der Waals surface area contributed by atoms with E-state index in [2.05, 4.69) is 15.3 Å². The molecule has 0 amide bonds. The molecule has 0 saturated heterocycles. The van der Waals surface area contributed by atoms with Gasteiger partial charge in [0, 0.05) is 16.7 Å². The Balaban J connectivity index is 1.70. The Hall–Kier alpha value is -1.79. The molecule has 114 valence electrons. The molecule has 0 spiro atoms. The molecule has 6 heteroatoms. The molecule has 0 N–H and O–H groups in total. The topological polar surface area (TPSA) is 48.2 Å². The van der Waals surface area contributed by atoms with E-state index in [1.54, 1.807) is 30.2 Å².